The van der Waals surface area contributed by atoms with Gasteiger partial charge in [-0.05, 0) is 111 Å². The van der Waals surface area contributed by atoms with E-state index >= 15 is 0 Å². The van der Waals surface area contributed by atoms with Gasteiger partial charge in [-0.15, -0.1) is 0 Å². The van der Waals surface area contributed by atoms with Crippen molar-refractivity contribution in [3.63, 3.8) is 0 Å². The number of fused-ring (bicyclic) bond motifs is 1. The third-order valence-corrected chi connectivity index (χ3v) is 10.1. The van der Waals surface area contributed by atoms with Crippen LogP contribution in [0.25, 0.3) is 0 Å². The lowest BCUT2D eigenvalue weighted by molar-refractivity contribution is -0.0655. The Balaban J connectivity index is 1.67. The van der Waals surface area contributed by atoms with Crippen molar-refractivity contribution in [3.8, 4) is 11.5 Å². The highest BCUT2D eigenvalue weighted by Crippen LogP contribution is 2.62. The van der Waals surface area contributed by atoms with Crippen LogP contribution in [0.3, 0.4) is 0 Å². The summed E-state index contributed by atoms with van der Waals surface area (Å²) in [6.07, 6.45) is 10.3. The van der Waals surface area contributed by atoms with Crippen molar-refractivity contribution in [1.82, 2.24) is 0 Å². The minimum atomic E-state index is -4.83. The highest BCUT2D eigenvalue weighted by Gasteiger charge is 2.53. The molecule has 0 amide bonds. The molecular weight excluding hydrogens is 500 g/mol. The molecule has 2 aliphatic carbocycles. The molecule has 7 heteroatoms. The van der Waals surface area contributed by atoms with E-state index in [1.54, 1.807) is 6.07 Å². The topological polar surface area (TPSA) is 107 Å². The average Bonchev–Trinajstić information content (AvgIpc) is 2.79. The van der Waals surface area contributed by atoms with E-state index in [0.29, 0.717) is 24.3 Å². The van der Waals surface area contributed by atoms with E-state index in [4.69, 9.17) is 4.18 Å². The highest BCUT2D eigenvalue weighted by atomic mass is 32.3. The molecule has 2 fully saturated rings. The maximum atomic E-state index is 11.7. The quantitative estimate of drug-likeness (QED) is 0.129. The standard InChI is InChI=1S/C31H48O6S/c1-21(11-13-24-19-25(32)14-15-27(24)33)9-7-10-23(3)28(37-38(34,35)36)20-26-22(2)12-16-29-30(4,5)17-8-18-31(26,29)6/h11,14-15,19,23,26,28-29,32-33H,2,7-10,12-13,16-18,20H2,1,3-6H3,(H,34,35,36)/p-1/b21-11+/t23-,26+,28-,29+,31-/m1/s1. The van der Waals surface area contributed by atoms with Crippen molar-refractivity contribution in [2.24, 2.45) is 28.6 Å². The molecule has 2 saturated carbocycles. The van der Waals surface area contributed by atoms with Gasteiger partial charge in [0.05, 0.1) is 6.10 Å². The van der Waals surface area contributed by atoms with Gasteiger partial charge in [-0.25, -0.2) is 8.42 Å². The Morgan fingerprint density at radius 2 is 1.97 bits per heavy atom. The van der Waals surface area contributed by atoms with Crippen LogP contribution in [0.1, 0.15) is 98.0 Å². The summed E-state index contributed by atoms with van der Waals surface area (Å²) in [4.78, 5) is 0. The van der Waals surface area contributed by atoms with Crippen molar-refractivity contribution in [2.45, 2.75) is 105 Å². The first-order valence-electron chi connectivity index (χ1n) is 14.1. The molecule has 0 radical (unpaired) electrons. The Morgan fingerprint density at radius 3 is 2.66 bits per heavy atom. The molecule has 3 rings (SSSR count). The summed E-state index contributed by atoms with van der Waals surface area (Å²) in [5.41, 5.74) is 3.24. The number of hydrogen-bond acceptors (Lipinski definition) is 6. The fraction of sp³-hybridized carbons (Fsp3) is 0.677. The van der Waals surface area contributed by atoms with Crippen LogP contribution in [0.15, 0.2) is 42.0 Å². The lowest BCUT2D eigenvalue weighted by atomic mass is 9.47. The molecule has 6 nitrogen and oxygen atoms in total. The summed E-state index contributed by atoms with van der Waals surface area (Å²) in [7, 11) is -4.83. The number of rotatable bonds is 11. The summed E-state index contributed by atoms with van der Waals surface area (Å²) in [5, 5.41) is 19.7. The van der Waals surface area contributed by atoms with Gasteiger partial charge in [-0.1, -0.05) is 57.9 Å². The predicted octanol–water partition coefficient (Wildman–Crippen LogP) is 7.43. The molecule has 0 aromatic heterocycles. The van der Waals surface area contributed by atoms with Gasteiger partial charge in [0, 0.05) is 5.56 Å². The van der Waals surface area contributed by atoms with Crippen LogP contribution in [0.5, 0.6) is 11.5 Å². The Kier molecular flexibility index (Phi) is 9.81. The third kappa shape index (κ3) is 7.64. The lowest BCUT2D eigenvalue weighted by Gasteiger charge is -2.58. The summed E-state index contributed by atoms with van der Waals surface area (Å²) < 4.78 is 40.4. The van der Waals surface area contributed by atoms with Crippen molar-refractivity contribution in [3.05, 3.63) is 47.6 Å². The first-order valence-corrected chi connectivity index (χ1v) is 15.4. The molecule has 0 saturated heterocycles. The first kappa shape index (κ1) is 30.7. The van der Waals surface area contributed by atoms with E-state index in [1.807, 2.05) is 19.9 Å². The number of allylic oxidation sites excluding steroid dienone is 3. The summed E-state index contributed by atoms with van der Waals surface area (Å²) in [5.74, 6) is 0.843. The smallest absolute Gasteiger partial charge is 0.217 e. The molecule has 5 atom stereocenters. The van der Waals surface area contributed by atoms with Crippen LogP contribution in [-0.2, 0) is 21.0 Å². The maximum absolute atomic E-state index is 11.7. The van der Waals surface area contributed by atoms with Crippen LogP contribution < -0.4 is 0 Å². The SMILES string of the molecule is C=C1CC[C@H]2C(C)(C)CCC[C@]2(C)[C@H]1C[C@@H](OS(=O)(=O)[O-])[C@H](C)CCC/C(C)=C/Cc1cc(O)ccc1O. The Bertz CT molecular complexity index is 1120. The van der Waals surface area contributed by atoms with Crippen LogP contribution in [0.4, 0.5) is 0 Å². The second kappa shape index (κ2) is 12.1. The molecule has 2 N–H and O–H groups in total. The molecule has 0 aliphatic heterocycles. The zero-order chi connectivity index (χ0) is 28.3. The minimum absolute atomic E-state index is 0.0296. The summed E-state index contributed by atoms with van der Waals surface area (Å²) in [6, 6.07) is 4.50. The molecule has 214 valence electrons. The Hall–Kier alpha value is -1.83. The zero-order valence-electron chi connectivity index (χ0n) is 23.8. The van der Waals surface area contributed by atoms with Crippen LogP contribution in [0.2, 0.25) is 0 Å². The van der Waals surface area contributed by atoms with E-state index in [2.05, 4.69) is 27.4 Å². The fourth-order valence-electron chi connectivity index (χ4n) is 7.47. The van der Waals surface area contributed by atoms with Crippen molar-refractivity contribution >= 4 is 10.4 Å². The van der Waals surface area contributed by atoms with Gasteiger partial charge in [0.15, 0.2) is 0 Å². The van der Waals surface area contributed by atoms with E-state index in [1.165, 1.54) is 24.1 Å². The predicted molar refractivity (Wildman–Crippen MR) is 151 cm³/mol. The van der Waals surface area contributed by atoms with Crippen LogP contribution in [-0.4, -0.2) is 29.3 Å². The van der Waals surface area contributed by atoms with Gasteiger partial charge < -0.3 is 14.8 Å². The average molecular weight is 548 g/mol. The van der Waals surface area contributed by atoms with Crippen LogP contribution >= 0.6 is 0 Å². The molecule has 0 unspecified atom stereocenters. The molecule has 38 heavy (non-hydrogen) atoms. The number of benzene rings is 1. The molecule has 1 aromatic rings. The van der Waals surface area contributed by atoms with E-state index in [9.17, 15) is 23.2 Å². The van der Waals surface area contributed by atoms with Gasteiger partial charge >= 0.3 is 0 Å². The highest BCUT2D eigenvalue weighted by molar-refractivity contribution is 7.80. The van der Waals surface area contributed by atoms with Crippen molar-refractivity contribution in [1.29, 1.82) is 0 Å². The Morgan fingerprint density at radius 1 is 1.26 bits per heavy atom. The molecule has 0 heterocycles. The largest absolute Gasteiger partial charge is 0.726 e. The Labute approximate surface area is 230 Å². The second-order valence-electron chi connectivity index (χ2n) is 12.9. The van der Waals surface area contributed by atoms with E-state index in [0.717, 1.165) is 50.5 Å². The maximum Gasteiger partial charge on any atom is 0.217 e. The molecule has 0 bridgehead atoms. The van der Waals surface area contributed by atoms with Gasteiger partial charge in [-0.2, -0.15) is 0 Å². The van der Waals surface area contributed by atoms with Crippen LogP contribution in [0, 0.1) is 28.6 Å². The van der Waals surface area contributed by atoms with Gasteiger partial charge in [0.25, 0.3) is 0 Å². The fourth-order valence-corrected chi connectivity index (χ4v) is 8.04. The molecule has 0 spiro atoms. The van der Waals surface area contributed by atoms with E-state index in [-0.39, 0.29) is 34.2 Å². The van der Waals surface area contributed by atoms with E-state index < -0.39 is 16.5 Å². The number of phenolic OH excluding ortho intramolecular Hbond substituents is 2. The lowest BCUT2D eigenvalue weighted by Crippen LogP contribution is -2.50. The molecule has 1 aromatic carbocycles. The van der Waals surface area contributed by atoms with Gasteiger partial charge in [0.1, 0.15) is 11.5 Å². The van der Waals surface area contributed by atoms with Gasteiger partial charge in [-0.3, -0.25) is 4.18 Å². The van der Waals surface area contributed by atoms with Crippen molar-refractivity contribution < 1.29 is 27.4 Å². The number of aromatic hydroxyl groups is 2. The number of hydrogen-bond donors (Lipinski definition) is 2. The zero-order valence-corrected chi connectivity index (χ0v) is 24.6. The molecule has 2 aliphatic rings. The minimum Gasteiger partial charge on any atom is -0.726 e. The summed E-state index contributed by atoms with van der Waals surface area (Å²) in [6.45, 7) is 15.5. The van der Waals surface area contributed by atoms with Gasteiger partial charge in [0.2, 0.25) is 10.4 Å². The molecular formula is C31H47O6S-. The van der Waals surface area contributed by atoms with Crippen molar-refractivity contribution in [2.75, 3.05) is 0 Å². The monoisotopic (exact) mass is 547 g/mol. The second-order valence-corrected chi connectivity index (χ2v) is 13.9. The number of phenols is 2. The third-order valence-electron chi connectivity index (χ3n) is 9.63. The first-order chi connectivity index (χ1) is 17.6. The normalized spacial score (nSPS) is 27.5. The summed E-state index contributed by atoms with van der Waals surface area (Å²) >= 11 is 0.